The van der Waals surface area contributed by atoms with Crippen LogP contribution in [0.1, 0.15) is 33.8 Å². The molecule has 158 valence electrons. The third kappa shape index (κ3) is 3.75. The van der Waals surface area contributed by atoms with Crippen molar-refractivity contribution >= 4 is 27.5 Å². The maximum absolute atomic E-state index is 13.2. The molecule has 1 amide bonds. The first-order valence-electron chi connectivity index (χ1n) is 10.3. The van der Waals surface area contributed by atoms with Gasteiger partial charge in [0.25, 0.3) is 5.91 Å². The zero-order chi connectivity index (χ0) is 20.7. The van der Waals surface area contributed by atoms with Gasteiger partial charge in [-0.05, 0) is 43.5 Å². The van der Waals surface area contributed by atoms with Gasteiger partial charge in [-0.1, -0.05) is 12.1 Å². The normalized spacial score (nSPS) is 18.5. The van der Waals surface area contributed by atoms with Crippen molar-refractivity contribution < 1.29 is 18.7 Å². The van der Waals surface area contributed by atoms with Crippen LogP contribution in [0.5, 0.6) is 0 Å². The van der Waals surface area contributed by atoms with E-state index in [1.54, 1.807) is 12.1 Å². The van der Waals surface area contributed by atoms with Crippen LogP contribution in [0.2, 0.25) is 0 Å². The fourth-order valence-electron chi connectivity index (χ4n) is 4.27. The predicted molar refractivity (Wildman–Crippen MR) is 112 cm³/mol. The Kier molecular flexibility index (Phi) is 5.30. The molecule has 1 aromatic carbocycles. The maximum atomic E-state index is 13.2. The highest BCUT2D eigenvalue weighted by atomic mass is 32.1. The van der Waals surface area contributed by atoms with Gasteiger partial charge in [-0.2, -0.15) is 5.10 Å². The first-order chi connectivity index (χ1) is 14.6. The molecule has 0 N–H and O–H groups in total. The summed E-state index contributed by atoms with van der Waals surface area (Å²) < 4.78 is 26.3. The minimum absolute atomic E-state index is 0.0793. The molecular formula is C22H24FN3O3S. The summed E-state index contributed by atoms with van der Waals surface area (Å²) >= 11 is 1.48. The van der Waals surface area contributed by atoms with Crippen molar-refractivity contribution in [3.63, 3.8) is 0 Å². The standard InChI is InChI=1S/C22H24FN3O3S/c1-14-18-12-19(20(27)25-8-6-16(7-9-25)22-28-10-11-29-22)30-21(18)26(24-14)13-15-2-4-17(23)5-3-15/h2-5,12,16,22H,6-11,13H2,1H3. The molecule has 0 unspecified atom stereocenters. The molecule has 4 heterocycles. The van der Waals surface area contributed by atoms with E-state index >= 15 is 0 Å². The topological polar surface area (TPSA) is 56.6 Å². The summed E-state index contributed by atoms with van der Waals surface area (Å²) in [6, 6.07) is 8.40. The second-order valence-corrected chi connectivity index (χ2v) is 8.97. The van der Waals surface area contributed by atoms with Crippen molar-refractivity contribution in [2.24, 2.45) is 5.92 Å². The molecule has 30 heavy (non-hydrogen) atoms. The van der Waals surface area contributed by atoms with Gasteiger partial charge in [0.2, 0.25) is 0 Å². The van der Waals surface area contributed by atoms with Gasteiger partial charge in [-0.25, -0.2) is 4.39 Å². The molecule has 2 aromatic heterocycles. The monoisotopic (exact) mass is 429 g/mol. The number of carbonyl (C=O) groups is 1. The summed E-state index contributed by atoms with van der Waals surface area (Å²) in [4.78, 5) is 16.8. The van der Waals surface area contributed by atoms with Gasteiger partial charge in [-0.15, -0.1) is 11.3 Å². The van der Waals surface area contributed by atoms with Gasteiger partial charge in [0.15, 0.2) is 6.29 Å². The number of thiophene rings is 1. The van der Waals surface area contributed by atoms with Crippen LogP contribution in [-0.2, 0) is 16.0 Å². The highest BCUT2D eigenvalue weighted by molar-refractivity contribution is 7.20. The zero-order valence-corrected chi connectivity index (χ0v) is 17.7. The molecule has 2 fully saturated rings. The summed E-state index contributed by atoms with van der Waals surface area (Å²) in [6.45, 7) is 5.28. The van der Waals surface area contributed by atoms with Crippen molar-refractivity contribution in [3.05, 3.63) is 52.3 Å². The van der Waals surface area contributed by atoms with Gasteiger partial charge < -0.3 is 14.4 Å². The molecule has 2 saturated heterocycles. The fourth-order valence-corrected chi connectivity index (χ4v) is 5.40. The summed E-state index contributed by atoms with van der Waals surface area (Å²) in [5.41, 5.74) is 1.87. The minimum Gasteiger partial charge on any atom is -0.350 e. The molecule has 0 bridgehead atoms. The molecule has 2 aliphatic rings. The smallest absolute Gasteiger partial charge is 0.264 e. The lowest BCUT2D eigenvalue weighted by atomic mass is 9.96. The number of amides is 1. The number of carbonyl (C=O) groups excluding carboxylic acids is 1. The van der Waals surface area contributed by atoms with Gasteiger partial charge in [0.05, 0.1) is 30.3 Å². The average molecular weight is 430 g/mol. The molecule has 6 nitrogen and oxygen atoms in total. The van der Waals surface area contributed by atoms with Crippen LogP contribution in [0.15, 0.2) is 30.3 Å². The molecule has 3 aromatic rings. The fraction of sp³-hybridized carbons (Fsp3) is 0.455. The number of halogens is 1. The summed E-state index contributed by atoms with van der Waals surface area (Å²) in [5, 5.41) is 5.62. The zero-order valence-electron chi connectivity index (χ0n) is 16.8. The van der Waals surface area contributed by atoms with Crippen LogP contribution in [-0.4, -0.2) is 53.2 Å². The Morgan fingerprint density at radius 2 is 1.90 bits per heavy atom. The molecule has 0 spiro atoms. The molecule has 5 rings (SSSR count). The van der Waals surface area contributed by atoms with E-state index in [-0.39, 0.29) is 18.0 Å². The molecular weight excluding hydrogens is 405 g/mol. The Morgan fingerprint density at radius 3 is 2.60 bits per heavy atom. The van der Waals surface area contributed by atoms with E-state index in [0.717, 1.165) is 52.3 Å². The number of nitrogens with zero attached hydrogens (tertiary/aromatic N) is 3. The lowest BCUT2D eigenvalue weighted by Crippen LogP contribution is -2.41. The van der Waals surface area contributed by atoms with Crippen molar-refractivity contribution in [3.8, 4) is 0 Å². The Labute approximate surface area is 178 Å². The van der Waals surface area contributed by atoms with E-state index in [2.05, 4.69) is 5.10 Å². The summed E-state index contributed by atoms with van der Waals surface area (Å²) in [7, 11) is 0. The number of rotatable bonds is 4. The van der Waals surface area contributed by atoms with Crippen LogP contribution in [0.3, 0.4) is 0 Å². The Morgan fingerprint density at radius 1 is 1.20 bits per heavy atom. The SMILES string of the molecule is Cc1nn(Cc2ccc(F)cc2)c2sc(C(=O)N3CCC(C4OCCO4)CC3)cc12. The Balaban J connectivity index is 1.31. The Bertz CT molecular complexity index is 1050. The first-order valence-corrected chi connectivity index (χ1v) is 11.1. The maximum Gasteiger partial charge on any atom is 0.264 e. The number of benzene rings is 1. The van der Waals surface area contributed by atoms with Crippen molar-refractivity contribution in [2.45, 2.75) is 32.6 Å². The second-order valence-electron chi connectivity index (χ2n) is 7.94. The minimum atomic E-state index is -0.251. The van der Waals surface area contributed by atoms with Crippen LogP contribution in [0.25, 0.3) is 10.2 Å². The van der Waals surface area contributed by atoms with Crippen LogP contribution in [0.4, 0.5) is 4.39 Å². The largest absolute Gasteiger partial charge is 0.350 e. The third-order valence-electron chi connectivity index (χ3n) is 5.92. The van der Waals surface area contributed by atoms with E-state index in [0.29, 0.717) is 25.7 Å². The lowest BCUT2D eigenvalue weighted by Gasteiger charge is -2.33. The highest BCUT2D eigenvalue weighted by Crippen LogP contribution is 2.32. The second kappa shape index (κ2) is 8.09. The molecule has 0 aliphatic carbocycles. The molecule has 0 atom stereocenters. The number of fused-ring (bicyclic) bond motifs is 1. The van der Waals surface area contributed by atoms with Crippen molar-refractivity contribution in [1.29, 1.82) is 0 Å². The van der Waals surface area contributed by atoms with Crippen molar-refractivity contribution in [2.75, 3.05) is 26.3 Å². The van der Waals surface area contributed by atoms with E-state index in [4.69, 9.17) is 9.47 Å². The molecule has 0 radical (unpaired) electrons. The number of aryl methyl sites for hydroxylation is 1. The quantitative estimate of drug-likeness (QED) is 0.633. The van der Waals surface area contributed by atoms with Crippen LogP contribution in [0, 0.1) is 18.7 Å². The number of ether oxygens (including phenoxy) is 2. The van der Waals surface area contributed by atoms with E-state index < -0.39 is 0 Å². The molecule has 2 aliphatic heterocycles. The number of likely N-dealkylation sites (tertiary alicyclic amines) is 1. The first kappa shape index (κ1) is 19.7. The Hall–Kier alpha value is -2.29. The summed E-state index contributed by atoms with van der Waals surface area (Å²) in [5.74, 6) is 0.195. The van der Waals surface area contributed by atoms with Gasteiger partial charge in [0.1, 0.15) is 10.6 Å². The van der Waals surface area contributed by atoms with Crippen LogP contribution < -0.4 is 0 Å². The number of aromatic nitrogens is 2. The highest BCUT2D eigenvalue weighted by Gasteiger charge is 2.32. The van der Waals surface area contributed by atoms with Crippen LogP contribution >= 0.6 is 11.3 Å². The number of piperidine rings is 1. The summed E-state index contributed by atoms with van der Waals surface area (Å²) in [6.07, 6.45) is 1.70. The van der Waals surface area contributed by atoms with Gasteiger partial charge >= 0.3 is 0 Å². The van der Waals surface area contributed by atoms with E-state index in [1.165, 1.54) is 23.5 Å². The van der Waals surface area contributed by atoms with Gasteiger partial charge in [-0.3, -0.25) is 9.48 Å². The van der Waals surface area contributed by atoms with E-state index in [1.807, 2.05) is 22.6 Å². The van der Waals surface area contributed by atoms with Gasteiger partial charge in [0, 0.05) is 24.4 Å². The molecule has 0 saturated carbocycles. The third-order valence-corrected chi connectivity index (χ3v) is 7.06. The van der Waals surface area contributed by atoms with Crippen molar-refractivity contribution in [1.82, 2.24) is 14.7 Å². The average Bonchev–Trinajstić information content (AvgIpc) is 3.49. The lowest BCUT2D eigenvalue weighted by molar-refractivity contribution is -0.0955. The predicted octanol–water partition coefficient (Wildman–Crippen LogP) is 3.82. The van der Waals surface area contributed by atoms with E-state index in [9.17, 15) is 9.18 Å². The number of hydrogen-bond acceptors (Lipinski definition) is 5. The number of hydrogen-bond donors (Lipinski definition) is 0. The molecule has 8 heteroatoms.